The highest BCUT2D eigenvalue weighted by Crippen LogP contribution is 2.28. The van der Waals surface area contributed by atoms with Gasteiger partial charge < -0.3 is 5.32 Å². The maximum Gasteiger partial charge on any atom is 0.0420 e. The SMILES string of the molecule is CCNC(CCc1ccsc1)c1sccc1CC. The number of thiophene rings is 2. The maximum absolute atomic E-state index is 3.64. The molecular formula is C15H21NS2. The molecule has 1 nitrogen and oxygen atoms in total. The summed E-state index contributed by atoms with van der Waals surface area (Å²) in [5, 5.41) is 10.3. The molecule has 1 unspecified atom stereocenters. The van der Waals surface area contributed by atoms with Crippen LogP contribution in [-0.4, -0.2) is 6.54 Å². The van der Waals surface area contributed by atoms with Crippen LogP contribution in [0.1, 0.15) is 42.3 Å². The van der Waals surface area contributed by atoms with Crippen LogP contribution >= 0.6 is 22.7 Å². The van der Waals surface area contributed by atoms with Gasteiger partial charge in [-0.3, -0.25) is 0 Å². The van der Waals surface area contributed by atoms with E-state index < -0.39 is 0 Å². The van der Waals surface area contributed by atoms with Gasteiger partial charge in [-0.2, -0.15) is 11.3 Å². The molecule has 2 rings (SSSR count). The van der Waals surface area contributed by atoms with E-state index >= 15 is 0 Å². The van der Waals surface area contributed by atoms with Crippen LogP contribution in [0.4, 0.5) is 0 Å². The molecule has 0 saturated heterocycles. The number of hydrogen-bond donors (Lipinski definition) is 1. The molecule has 18 heavy (non-hydrogen) atoms. The normalized spacial score (nSPS) is 12.8. The van der Waals surface area contributed by atoms with Crippen LogP contribution in [-0.2, 0) is 12.8 Å². The van der Waals surface area contributed by atoms with Crippen LogP contribution in [0.25, 0.3) is 0 Å². The Kier molecular flexibility index (Phi) is 5.42. The molecule has 0 radical (unpaired) electrons. The Hall–Kier alpha value is -0.640. The summed E-state index contributed by atoms with van der Waals surface area (Å²) in [5.74, 6) is 0. The lowest BCUT2D eigenvalue weighted by Crippen LogP contribution is -2.21. The molecule has 0 aliphatic heterocycles. The van der Waals surface area contributed by atoms with E-state index in [9.17, 15) is 0 Å². The van der Waals surface area contributed by atoms with E-state index in [1.54, 1.807) is 11.3 Å². The highest BCUT2D eigenvalue weighted by Gasteiger charge is 2.15. The van der Waals surface area contributed by atoms with Crippen LogP contribution < -0.4 is 5.32 Å². The zero-order chi connectivity index (χ0) is 12.8. The highest BCUT2D eigenvalue weighted by atomic mass is 32.1. The Morgan fingerprint density at radius 2 is 2.11 bits per heavy atom. The molecule has 0 aliphatic carbocycles. The van der Waals surface area contributed by atoms with Gasteiger partial charge in [-0.15, -0.1) is 11.3 Å². The van der Waals surface area contributed by atoms with Crippen molar-refractivity contribution >= 4 is 22.7 Å². The van der Waals surface area contributed by atoms with Crippen molar-refractivity contribution in [1.82, 2.24) is 5.32 Å². The summed E-state index contributed by atoms with van der Waals surface area (Å²) in [5.41, 5.74) is 2.98. The molecule has 0 saturated carbocycles. The second kappa shape index (κ2) is 7.07. The van der Waals surface area contributed by atoms with Gasteiger partial charge in [-0.05, 0) is 65.2 Å². The maximum atomic E-state index is 3.64. The molecule has 98 valence electrons. The third kappa shape index (κ3) is 3.44. The number of aryl methyl sites for hydroxylation is 2. The molecule has 2 aromatic heterocycles. The highest BCUT2D eigenvalue weighted by molar-refractivity contribution is 7.10. The van der Waals surface area contributed by atoms with Gasteiger partial charge in [-0.25, -0.2) is 0 Å². The predicted octanol–water partition coefficient (Wildman–Crippen LogP) is 4.66. The van der Waals surface area contributed by atoms with Crippen molar-refractivity contribution in [2.75, 3.05) is 6.54 Å². The number of nitrogens with one attached hydrogen (secondary N) is 1. The van der Waals surface area contributed by atoms with Crippen LogP contribution in [0.5, 0.6) is 0 Å². The van der Waals surface area contributed by atoms with Crippen molar-refractivity contribution in [2.45, 2.75) is 39.2 Å². The van der Waals surface area contributed by atoms with E-state index in [0.29, 0.717) is 6.04 Å². The molecular weight excluding hydrogens is 258 g/mol. The van der Waals surface area contributed by atoms with Gasteiger partial charge in [0.15, 0.2) is 0 Å². The first-order valence-corrected chi connectivity index (χ1v) is 8.48. The van der Waals surface area contributed by atoms with Gasteiger partial charge in [0.2, 0.25) is 0 Å². The minimum atomic E-state index is 0.518. The second-order valence-electron chi connectivity index (χ2n) is 4.44. The van der Waals surface area contributed by atoms with Gasteiger partial charge in [0, 0.05) is 10.9 Å². The minimum Gasteiger partial charge on any atom is -0.310 e. The third-order valence-electron chi connectivity index (χ3n) is 3.23. The summed E-state index contributed by atoms with van der Waals surface area (Å²) in [6.07, 6.45) is 3.50. The van der Waals surface area contributed by atoms with Crippen molar-refractivity contribution in [3.8, 4) is 0 Å². The molecule has 1 N–H and O–H groups in total. The van der Waals surface area contributed by atoms with Gasteiger partial charge in [0.1, 0.15) is 0 Å². The lowest BCUT2D eigenvalue weighted by atomic mass is 10.0. The Labute approximate surface area is 118 Å². The summed E-state index contributed by atoms with van der Waals surface area (Å²) in [6, 6.07) is 5.03. The Balaban J connectivity index is 2.03. The van der Waals surface area contributed by atoms with Crippen molar-refractivity contribution in [3.63, 3.8) is 0 Å². The van der Waals surface area contributed by atoms with Crippen molar-refractivity contribution in [3.05, 3.63) is 44.3 Å². The molecule has 0 fully saturated rings. The third-order valence-corrected chi connectivity index (χ3v) is 5.04. The van der Waals surface area contributed by atoms with E-state index in [1.807, 2.05) is 11.3 Å². The molecule has 0 spiro atoms. The van der Waals surface area contributed by atoms with Gasteiger partial charge in [0.05, 0.1) is 0 Å². The number of rotatable bonds is 7. The average Bonchev–Trinajstić information content (AvgIpc) is 3.04. The van der Waals surface area contributed by atoms with Gasteiger partial charge in [-0.1, -0.05) is 13.8 Å². The van der Waals surface area contributed by atoms with Crippen molar-refractivity contribution in [1.29, 1.82) is 0 Å². The molecule has 3 heteroatoms. The molecule has 0 aliphatic rings. The van der Waals surface area contributed by atoms with Crippen LogP contribution in [0.3, 0.4) is 0 Å². The number of hydrogen-bond acceptors (Lipinski definition) is 3. The molecule has 2 aromatic rings. The minimum absolute atomic E-state index is 0.518. The molecule has 0 bridgehead atoms. The quantitative estimate of drug-likeness (QED) is 0.777. The van der Waals surface area contributed by atoms with Crippen LogP contribution in [0.15, 0.2) is 28.3 Å². The molecule has 0 amide bonds. The lowest BCUT2D eigenvalue weighted by molar-refractivity contribution is 0.520. The molecule has 0 aromatic carbocycles. The fraction of sp³-hybridized carbons (Fsp3) is 0.467. The standard InChI is InChI=1S/C15H21NS2/c1-3-13-8-10-18-15(13)14(16-4-2)6-5-12-7-9-17-11-12/h7-11,14,16H,3-6H2,1-2H3. The largest absolute Gasteiger partial charge is 0.310 e. The summed E-state index contributed by atoms with van der Waals surface area (Å²) in [4.78, 5) is 1.54. The van der Waals surface area contributed by atoms with Gasteiger partial charge in [0.25, 0.3) is 0 Å². The fourth-order valence-corrected chi connectivity index (χ4v) is 4.07. The average molecular weight is 279 g/mol. The smallest absolute Gasteiger partial charge is 0.0420 e. The van der Waals surface area contributed by atoms with Gasteiger partial charge >= 0.3 is 0 Å². The zero-order valence-electron chi connectivity index (χ0n) is 11.1. The van der Waals surface area contributed by atoms with E-state index in [1.165, 1.54) is 28.8 Å². The monoisotopic (exact) mass is 279 g/mol. The fourth-order valence-electron chi connectivity index (χ4n) is 2.26. The predicted molar refractivity (Wildman–Crippen MR) is 82.8 cm³/mol. The molecule has 1 atom stereocenters. The zero-order valence-corrected chi connectivity index (χ0v) is 12.7. The Morgan fingerprint density at radius 1 is 1.22 bits per heavy atom. The Morgan fingerprint density at radius 3 is 2.78 bits per heavy atom. The summed E-state index contributed by atoms with van der Waals surface area (Å²) < 4.78 is 0. The van der Waals surface area contributed by atoms with E-state index in [-0.39, 0.29) is 0 Å². The summed E-state index contributed by atoms with van der Waals surface area (Å²) >= 11 is 3.69. The van der Waals surface area contributed by atoms with Crippen LogP contribution in [0, 0.1) is 0 Å². The summed E-state index contributed by atoms with van der Waals surface area (Å²) in [6.45, 7) is 5.47. The summed E-state index contributed by atoms with van der Waals surface area (Å²) in [7, 11) is 0. The van der Waals surface area contributed by atoms with Crippen LogP contribution in [0.2, 0.25) is 0 Å². The topological polar surface area (TPSA) is 12.0 Å². The van der Waals surface area contributed by atoms with E-state index in [2.05, 4.69) is 47.4 Å². The Bertz CT molecular complexity index is 445. The first kappa shape index (κ1) is 13.8. The lowest BCUT2D eigenvalue weighted by Gasteiger charge is -2.18. The van der Waals surface area contributed by atoms with E-state index in [4.69, 9.17) is 0 Å². The molecule has 2 heterocycles. The van der Waals surface area contributed by atoms with Crippen molar-refractivity contribution in [2.24, 2.45) is 0 Å². The first-order chi connectivity index (χ1) is 8.85. The second-order valence-corrected chi connectivity index (χ2v) is 6.17. The van der Waals surface area contributed by atoms with Crippen molar-refractivity contribution < 1.29 is 0 Å². The van der Waals surface area contributed by atoms with E-state index in [0.717, 1.165) is 13.0 Å². The first-order valence-electron chi connectivity index (χ1n) is 6.65.